The molecule has 0 heterocycles. The number of para-hydroxylation sites is 2. The molecular formula is C25H22ClFN2O5. The van der Waals surface area contributed by atoms with E-state index in [-0.39, 0.29) is 17.0 Å². The van der Waals surface area contributed by atoms with E-state index in [0.717, 1.165) is 11.1 Å². The van der Waals surface area contributed by atoms with Gasteiger partial charge in [0.15, 0.2) is 13.2 Å². The number of hydrogen-bond donors (Lipinski definition) is 2. The molecule has 176 valence electrons. The van der Waals surface area contributed by atoms with E-state index in [2.05, 4.69) is 10.6 Å². The van der Waals surface area contributed by atoms with E-state index < -0.39 is 36.8 Å². The second-order valence-corrected chi connectivity index (χ2v) is 7.78. The van der Waals surface area contributed by atoms with Crippen LogP contribution in [0.2, 0.25) is 5.02 Å². The molecule has 0 bridgehead atoms. The van der Waals surface area contributed by atoms with Crippen LogP contribution in [0.5, 0.6) is 5.75 Å². The summed E-state index contributed by atoms with van der Waals surface area (Å²) >= 11 is 6.19. The molecule has 7 nitrogen and oxygen atoms in total. The molecule has 0 aliphatic carbocycles. The summed E-state index contributed by atoms with van der Waals surface area (Å²) in [5, 5.41) is 5.40. The minimum Gasteiger partial charge on any atom is -0.483 e. The van der Waals surface area contributed by atoms with E-state index in [0.29, 0.717) is 10.7 Å². The van der Waals surface area contributed by atoms with Crippen LogP contribution in [0.1, 0.15) is 21.5 Å². The van der Waals surface area contributed by atoms with Crippen LogP contribution < -0.4 is 15.4 Å². The first kappa shape index (κ1) is 24.7. The Bertz CT molecular complexity index is 1210. The molecule has 2 amide bonds. The molecule has 0 atom stereocenters. The zero-order chi connectivity index (χ0) is 24.7. The van der Waals surface area contributed by atoms with Gasteiger partial charge >= 0.3 is 5.97 Å². The number of nitrogens with one attached hydrogen (secondary N) is 2. The van der Waals surface area contributed by atoms with Crippen molar-refractivity contribution in [3.05, 3.63) is 88.2 Å². The fraction of sp³-hybridized carbons (Fsp3) is 0.160. The van der Waals surface area contributed by atoms with E-state index in [1.165, 1.54) is 30.3 Å². The highest BCUT2D eigenvalue weighted by molar-refractivity contribution is 6.34. The number of ether oxygens (including phenoxy) is 2. The molecule has 0 saturated carbocycles. The van der Waals surface area contributed by atoms with Crippen LogP contribution in [0.25, 0.3) is 0 Å². The Morgan fingerprint density at radius 3 is 2.32 bits per heavy atom. The first-order valence-corrected chi connectivity index (χ1v) is 10.6. The standard InChI is InChI=1S/C25H22ClFN2O5/c1-15-11-16(2)24(18(26)12-15)29-23(31)14-34-25(32)17-7-3-6-10-21(17)33-13-22(30)28-20-9-5-4-8-19(20)27/h3-12H,13-14H2,1-2H3,(H,28,30)(H,29,31). The van der Waals surface area contributed by atoms with Crippen LogP contribution in [-0.2, 0) is 14.3 Å². The molecule has 2 N–H and O–H groups in total. The van der Waals surface area contributed by atoms with Crippen molar-refractivity contribution in [3.8, 4) is 5.75 Å². The number of esters is 1. The molecular weight excluding hydrogens is 463 g/mol. The summed E-state index contributed by atoms with van der Waals surface area (Å²) in [6, 6.07) is 15.4. The van der Waals surface area contributed by atoms with Gasteiger partial charge < -0.3 is 20.1 Å². The normalized spacial score (nSPS) is 10.4. The van der Waals surface area contributed by atoms with Crippen molar-refractivity contribution < 1.29 is 28.2 Å². The Morgan fingerprint density at radius 2 is 1.59 bits per heavy atom. The van der Waals surface area contributed by atoms with Gasteiger partial charge in [0.2, 0.25) is 0 Å². The molecule has 0 fully saturated rings. The summed E-state index contributed by atoms with van der Waals surface area (Å²) < 4.78 is 24.2. The smallest absolute Gasteiger partial charge is 0.342 e. The number of carbonyl (C=O) groups is 3. The summed E-state index contributed by atoms with van der Waals surface area (Å²) in [6.45, 7) is 2.67. The number of rotatable bonds is 8. The lowest BCUT2D eigenvalue weighted by Gasteiger charge is -2.13. The molecule has 0 aliphatic rings. The van der Waals surface area contributed by atoms with Crippen LogP contribution in [0.3, 0.4) is 0 Å². The second kappa shape index (κ2) is 11.3. The van der Waals surface area contributed by atoms with Crippen LogP contribution in [0.4, 0.5) is 15.8 Å². The predicted octanol–water partition coefficient (Wildman–Crippen LogP) is 4.91. The highest BCUT2D eigenvalue weighted by atomic mass is 35.5. The summed E-state index contributed by atoms with van der Waals surface area (Å²) in [4.78, 5) is 36.9. The van der Waals surface area contributed by atoms with Crippen molar-refractivity contribution in [1.82, 2.24) is 0 Å². The van der Waals surface area contributed by atoms with E-state index in [1.807, 2.05) is 13.0 Å². The molecule has 0 aromatic heterocycles. The highest BCUT2D eigenvalue weighted by Gasteiger charge is 2.17. The molecule has 0 unspecified atom stereocenters. The van der Waals surface area contributed by atoms with E-state index in [4.69, 9.17) is 21.1 Å². The largest absolute Gasteiger partial charge is 0.483 e. The maximum atomic E-state index is 13.7. The molecule has 34 heavy (non-hydrogen) atoms. The fourth-order valence-electron chi connectivity index (χ4n) is 3.11. The average Bonchev–Trinajstić information content (AvgIpc) is 2.80. The molecule has 9 heteroatoms. The number of halogens is 2. The third kappa shape index (κ3) is 6.55. The zero-order valence-corrected chi connectivity index (χ0v) is 19.2. The summed E-state index contributed by atoms with van der Waals surface area (Å²) in [6.07, 6.45) is 0. The van der Waals surface area contributed by atoms with Gasteiger partial charge in [-0.1, -0.05) is 41.9 Å². The quantitative estimate of drug-likeness (QED) is 0.443. The molecule has 0 aliphatic heterocycles. The average molecular weight is 485 g/mol. The Hall–Kier alpha value is -3.91. The number of aryl methyl sites for hydroxylation is 2. The zero-order valence-electron chi connectivity index (χ0n) is 18.5. The molecule has 0 spiro atoms. The van der Waals surface area contributed by atoms with Gasteiger partial charge in [-0.05, 0) is 55.3 Å². The SMILES string of the molecule is Cc1cc(C)c(NC(=O)COC(=O)c2ccccc2OCC(=O)Nc2ccccc2F)c(Cl)c1. The van der Waals surface area contributed by atoms with Crippen molar-refractivity contribution in [2.75, 3.05) is 23.8 Å². The van der Waals surface area contributed by atoms with Crippen molar-refractivity contribution in [3.63, 3.8) is 0 Å². The van der Waals surface area contributed by atoms with Crippen molar-refractivity contribution >= 4 is 40.8 Å². The molecule has 0 radical (unpaired) electrons. The Balaban J connectivity index is 1.57. The molecule has 3 rings (SSSR count). The van der Waals surface area contributed by atoms with Gasteiger partial charge in [-0.2, -0.15) is 0 Å². The maximum absolute atomic E-state index is 13.7. The number of benzene rings is 3. The first-order chi connectivity index (χ1) is 16.2. The monoisotopic (exact) mass is 484 g/mol. The Morgan fingerprint density at radius 1 is 0.912 bits per heavy atom. The predicted molar refractivity (Wildman–Crippen MR) is 127 cm³/mol. The molecule has 0 saturated heterocycles. The lowest BCUT2D eigenvalue weighted by molar-refractivity contribution is -0.119. The van der Waals surface area contributed by atoms with Crippen molar-refractivity contribution in [1.29, 1.82) is 0 Å². The highest BCUT2D eigenvalue weighted by Crippen LogP contribution is 2.27. The summed E-state index contributed by atoms with van der Waals surface area (Å²) in [5.74, 6) is -2.50. The topological polar surface area (TPSA) is 93.7 Å². The molecule has 3 aromatic carbocycles. The van der Waals surface area contributed by atoms with Gasteiger partial charge in [-0.3, -0.25) is 9.59 Å². The third-order valence-electron chi connectivity index (χ3n) is 4.64. The van der Waals surface area contributed by atoms with Gasteiger partial charge in [-0.25, -0.2) is 9.18 Å². The summed E-state index contributed by atoms with van der Waals surface area (Å²) in [5.41, 5.74) is 2.21. The Labute approximate surface area is 200 Å². The van der Waals surface area contributed by atoms with E-state index in [9.17, 15) is 18.8 Å². The summed E-state index contributed by atoms with van der Waals surface area (Å²) in [7, 11) is 0. The number of anilines is 2. The maximum Gasteiger partial charge on any atom is 0.342 e. The Kier molecular flexibility index (Phi) is 8.21. The molecule has 3 aromatic rings. The van der Waals surface area contributed by atoms with Crippen molar-refractivity contribution in [2.45, 2.75) is 13.8 Å². The minimum atomic E-state index is -0.813. The van der Waals surface area contributed by atoms with Gasteiger partial charge in [0.25, 0.3) is 11.8 Å². The van der Waals surface area contributed by atoms with Crippen LogP contribution in [0.15, 0.2) is 60.7 Å². The number of amides is 2. The fourth-order valence-corrected chi connectivity index (χ4v) is 3.48. The van der Waals surface area contributed by atoms with Crippen LogP contribution >= 0.6 is 11.6 Å². The third-order valence-corrected chi connectivity index (χ3v) is 4.94. The second-order valence-electron chi connectivity index (χ2n) is 7.38. The minimum absolute atomic E-state index is 0.0127. The van der Waals surface area contributed by atoms with Gasteiger partial charge in [-0.15, -0.1) is 0 Å². The van der Waals surface area contributed by atoms with E-state index in [1.54, 1.807) is 31.2 Å². The van der Waals surface area contributed by atoms with Crippen molar-refractivity contribution in [2.24, 2.45) is 0 Å². The van der Waals surface area contributed by atoms with Gasteiger partial charge in [0.05, 0.1) is 16.4 Å². The van der Waals surface area contributed by atoms with E-state index >= 15 is 0 Å². The van der Waals surface area contributed by atoms with Crippen LogP contribution in [-0.4, -0.2) is 31.0 Å². The van der Waals surface area contributed by atoms with Gasteiger partial charge in [0, 0.05) is 0 Å². The van der Waals surface area contributed by atoms with Gasteiger partial charge in [0.1, 0.15) is 17.1 Å². The first-order valence-electron chi connectivity index (χ1n) is 10.2. The van der Waals surface area contributed by atoms with Crippen LogP contribution in [0, 0.1) is 19.7 Å². The lowest BCUT2D eigenvalue weighted by atomic mass is 10.1. The number of hydrogen-bond acceptors (Lipinski definition) is 5. The lowest BCUT2D eigenvalue weighted by Crippen LogP contribution is -2.23. The number of carbonyl (C=O) groups excluding carboxylic acids is 3.